The van der Waals surface area contributed by atoms with E-state index >= 15 is 0 Å². The summed E-state index contributed by atoms with van der Waals surface area (Å²) in [6.07, 6.45) is 1.63. The smallest absolute Gasteiger partial charge is 0.338 e. The van der Waals surface area contributed by atoms with Crippen LogP contribution < -0.4 is 0 Å². The first-order valence-corrected chi connectivity index (χ1v) is 4.93. The van der Waals surface area contributed by atoms with Gasteiger partial charge in [-0.25, -0.2) is 9.18 Å². The van der Waals surface area contributed by atoms with Gasteiger partial charge in [0, 0.05) is 0 Å². The van der Waals surface area contributed by atoms with Crippen LogP contribution in [0.5, 0.6) is 0 Å². The summed E-state index contributed by atoms with van der Waals surface area (Å²) >= 11 is 6.74. The number of hydrogen-bond acceptors (Lipinski definition) is 2. The highest BCUT2D eigenvalue weighted by Gasteiger charge is 2.15. The Morgan fingerprint density at radius 3 is 2.69 bits per heavy atom. The highest BCUT2D eigenvalue weighted by molar-refractivity contribution is 7.98. The molecule has 2 nitrogen and oxygen atoms in total. The summed E-state index contributed by atoms with van der Waals surface area (Å²) in [5.74, 6) is -2.06. The van der Waals surface area contributed by atoms with Gasteiger partial charge in [0.15, 0.2) is 5.82 Å². The number of carboxylic acid groups (broad SMARTS) is 1. The van der Waals surface area contributed by atoms with Crippen LogP contribution in [0.4, 0.5) is 4.39 Å². The second kappa shape index (κ2) is 3.98. The predicted molar refractivity (Wildman–Crippen MR) is 50.2 cm³/mol. The predicted octanol–water partition coefficient (Wildman–Crippen LogP) is 2.90. The van der Waals surface area contributed by atoms with Crippen molar-refractivity contribution in [2.75, 3.05) is 6.26 Å². The van der Waals surface area contributed by atoms with Crippen LogP contribution in [0, 0.1) is 5.82 Å². The molecule has 5 heteroatoms. The van der Waals surface area contributed by atoms with Gasteiger partial charge in [0.25, 0.3) is 0 Å². The number of carbonyl (C=O) groups is 1. The molecule has 0 atom stereocenters. The Morgan fingerprint density at radius 1 is 1.62 bits per heavy atom. The molecule has 0 saturated carbocycles. The van der Waals surface area contributed by atoms with Crippen molar-refractivity contribution in [1.29, 1.82) is 0 Å². The van der Waals surface area contributed by atoms with Gasteiger partial charge in [0.1, 0.15) is 0 Å². The number of aromatic carboxylic acids is 1. The van der Waals surface area contributed by atoms with Gasteiger partial charge >= 0.3 is 5.97 Å². The molecule has 0 aromatic heterocycles. The Kier molecular flexibility index (Phi) is 3.17. The summed E-state index contributed by atoms with van der Waals surface area (Å²) in [7, 11) is 0. The van der Waals surface area contributed by atoms with Crippen molar-refractivity contribution >= 4 is 29.3 Å². The topological polar surface area (TPSA) is 37.3 Å². The zero-order valence-electron chi connectivity index (χ0n) is 6.67. The van der Waals surface area contributed by atoms with Crippen LogP contribution in [0.25, 0.3) is 0 Å². The quantitative estimate of drug-likeness (QED) is 0.779. The van der Waals surface area contributed by atoms with Crippen molar-refractivity contribution in [3.8, 4) is 0 Å². The average Bonchev–Trinajstić information content (AvgIpc) is 2.04. The fraction of sp³-hybridized carbons (Fsp3) is 0.125. The number of thioether (sulfide) groups is 1. The molecule has 0 amide bonds. The Morgan fingerprint density at radius 2 is 2.23 bits per heavy atom. The molecule has 0 spiro atoms. The van der Waals surface area contributed by atoms with Gasteiger partial charge in [0.2, 0.25) is 0 Å². The molecule has 0 fully saturated rings. The highest BCUT2D eigenvalue weighted by Crippen LogP contribution is 2.29. The molecule has 0 radical (unpaired) electrons. The molecule has 1 N–H and O–H groups in total. The first kappa shape index (κ1) is 10.3. The minimum absolute atomic E-state index is 0.168. The molecule has 0 aliphatic heterocycles. The lowest BCUT2D eigenvalue weighted by Gasteiger charge is -2.04. The standard InChI is InChI=1S/C8H6ClFO2S/c1-13-7-5(9)3-2-4(6(7)10)8(11)12/h2-3H,1H3,(H,11,12). The van der Waals surface area contributed by atoms with Crippen LogP contribution in [0.3, 0.4) is 0 Å². The molecular formula is C8H6ClFO2S. The van der Waals surface area contributed by atoms with Gasteiger partial charge in [-0.2, -0.15) is 0 Å². The van der Waals surface area contributed by atoms with E-state index in [9.17, 15) is 9.18 Å². The van der Waals surface area contributed by atoms with E-state index in [4.69, 9.17) is 16.7 Å². The molecule has 0 heterocycles. The Balaban J connectivity index is 3.35. The number of rotatable bonds is 2. The van der Waals surface area contributed by atoms with Crippen LogP contribution in [0.15, 0.2) is 17.0 Å². The van der Waals surface area contributed by atoms with Crippen molar-refractivity contribution in [2.24, 2.45) is 0 Å². The molecule has 0 aliphatic carbocycles. The maximum Gasteiger partial charge on any atom is 0.338 e. The summed E-state index contributed by atoms with van der Waals surface area (Å²) in [6.45, 7) is 0. The fourth-order valence-electron chi connectivity index (χ4n) is 0.885. The summed E-state index contributed by atoms with van der Waals surface area (Å²) < 4.78 is 13.3. The Hall–Kier alpha value is -0.740. The molecule has 70 valence electrons. The molecule has 1 rings (SSSR count). The normalized spacial score (nSPS) is 10.1. The minimum atomic E-state index is -1.29. The van der Waals surface area contributed by atoms with E-state index in [0.717, 1.165) is 17.8 Å². The number of carboxylic acids is 1. The van der Waals surface area contributed by atoms with Gasteiger partial charge < -0.3 is 5.11 Å². The summed E-state index contributed by atoms with van der Waals surface area (Å²) in [5, 5.41) is 8.82. The average molecular weight is 221 g/mol. The monoisotopic (exact) mass is 220 g/mol. The summed E-state index contributed by atoms with van der Waals surface area (Å²) in [6, 6.07) is 2.53. The van der Waals surface area contributed by atoms with E-state index in [1.165, 1.54) is 6.07 Å². The zero-order valence-corrected chi connectivity index (χ0v) is 8.25. The van der Waals surface area contributed by atoms with Crippen molar-refractivity contribution < 1.29 is 14.3 Å². The Labute approximate surface area is 83.7 Å². The van der Waals surface area contributed by atoms with E-state index in [2.05, 4.69) is 0 Å². The van der Waals surface area contributed by atoms with E-state index in [-0.39, 0.29) is 15.5 Å². The third kappa shape index (κ3) is 1.95. The van der Waals surface area contributed by atoms with Crippen molar-refractivity contribution in [2.45, 2.75) is 4.90 Å². The molecule has 0 aliphatic rings. The third-order valence-corrected chi connectivity index (χ3v) is 2.72. The van der Waals surface area contributed by atoms with Crippen molar-refractivity contribution in [1.82, 2.24) is 0 Å². The molecule has 13 heavy (non-hydrogen) atoms. The van der Waals surface area contributed by atoms with Crippen molar-refractivity contribution in [3.05, 3.63) is 28.5 Å². The maximum absolute atomic E-state index is 13.3. The van der Waals surface area contributed by atoms with E-state index in [1.807, 2.05) is 0 Å². The SMILES string of the molecule is CSc1c(Cl)ccc(C(=O)O)c1F. The van der Waals surface area contributed by atoms with E-state index in [1.54, 1.807) is 6.26 Å². The molecule has 0 saturated heterocycles. The second-order valence-electron chi connectivity index (χ2n) is 2.25. The lowest BCUT2D eigenvalue weighted by Crippen LogP contribution is -2.01. The zero-order chi connectivity index (χ0) is 10.0. The van der Waals surface area contributed by atoms with Crippen LogP contribution in [0.2, 0.25) is 5.02 Å². The highest BCUT2D eigenvalue weighted by atomic mass is 35.5. The van der Waals surface area contributed by atoms with Gasteiger partial charge in [-0.3, -0.25) is 0 Å². The van der Waals surface area contributed by atoms with Crippen LogP contribution >= 0.6 is 23.4 Å². The summed E-state index contributed by atoms with van der Waals surface area (Å²) in [4.78, 5) is 10.7. The number of hydrogen-bond donors (Lipinski definition) is 1. The lowest BCUT2D eigenvalue weighted by atomic mass is 10.2. The number of benzene rings is 1. The first-order chi connectivity index (χ1) is 6.07. The van der Waals surface area contributed by atoms with Crippen LogP contribution in [-0.4, -0.2) is 17.3 Å². The molecule has 1 aromatic carbocycles. The molecular weight excluding hydrogens is 215 g/mol. The van der Waals surface area contributed by atoms with Crippen LogP contribution in [0.1, 0.15) is 10.4 Å². The van der Waals surface area contributed by atoms with Crippen LogP contribution in [-0.2, 0) is 0 Å². The largest absolute Gasteiger partial charge is 0.478 e. The lowest BCUT2D eigenvalue weighted by molar-refractivity contribution is 0.0691. The van der Waals surface area contributed by atoms with E-state index in [0.29, 0.717) is 0 Å². The third-order valence-electron chi connectivity index (χ3n) is 1.48. The van der Waals surface area contributed by atoms with Gasteiger partial charge in [0.05, 0.1) is 15.5 Å². The summed E-state index contributed by atoms with van der Waals surface area (Å²) in [5.41, 5.74) is -0.353. The maximum atomic E-state index is 13.3. The van der Waals surface area contributed by atoms with Gasteiger partial charge in [-0.15, -0.1) is 11.8 Å². The van der Waals surface area contributed by atoms with Gasteiger partial charge in [-0.05, 0) is 18.4 Å². The number of halogens is 2. The first-order valence-electron chi connectivity index (χ1n) is 3.33. The van der Waals surface area contributed by atoms with E-state index < -0.39 is 11.8 Å². The second-order valence-corrected chi connectivity index (χ2v) is 3.47. The molecule has 0 unspecified atom stereocenters. The minimum Gasteiger partial charge on any atom is -0.478 e. The molecule has 1 aromatic rings. The molecule has 0 bridgehead atoms. The van der Waals surface area contributed by atoms with Gasteiger partial charge in [-0.1, -0.05) is 11.6 Å². The van der Waals surface area contributed by atoms with Crippen molar-refractivity contribution in [3.63, 3.8) is 0 Å². The fourth-order valence-corrected chi connectivity index (χ4v) is 1.81. The Bertz CT molecular complexity index is 354.